The molecular formula is C11H13NS. The zero-order valence-electron chi connectivity index (χ0n) is 7.49. The Hall–Kier alpha value is -0.890. The first-order valence-corrected chi connectivity index (χ1v) is 5.54. The average molecular weight is 191 g/mol. The zero-order chi connectivity index (χ0) is 8.93. The highest BCUT2D eigenvalue weighted by Gasteiger charge is 2.01. The molecule has 1 aliphatic rings. The lowest BCUT2D eigenvalue weighted by Crippen LogP contribution is -2.08. The van der Waals surface area contributed by atoms with Crippen molar-refractivity contribution >= 4 is 11.8 Å². The molecule has 0 unspecified atom stereocenters. The third-order valence-electron chi connectivity index (χ3n) is 2.05. The fourth-order valence-corrected chi connectivity index (χ4v) is 2.34. The SMILES string of the molecule is C1=C\NCCSc2ccccc2C/1. The van der Waals surface area contributed by atoms with E-state index in [2.05, 4.69) is 41.9 Å². The summed E-state index contributed by atoms with van der Waals surface area (Å²) in [6.45, 7) is 1.05. The molecule has 0 atom stereocenters. The van der Waals surface area contributed by atoms with Crippen LogP contribution < -0.4 is 5.32 Å². The van der Waals surface area contributed by atoms with Crippen molar-refractivity contribution in [2.75, 3.05) is 12.3 Å². The van der Waals surface area contributed by atoms with Gasteiger partial charge in [0.1, 0.15) is 0 Å². The van der Waals surface area contributed by atoms with Gasteiger partial charge in [-0.05, 0) is 24.3 Å². The fraction of sp³-hybridized carbons (Fsp3) is 0.273. The average Bonchev–Trinajstić information content (AvgIpc) is 2.28. The Kier molecular flexibility index (Phi) is 2.93. The quantitative estimate of drug-likeness (QED) is 0.676. The van der Waals surface area contributed by atoms with E-state index in [1.165, 1.54) is 10.5 Å². The lowest BCUT2D eigenvalue weighted by Gasteiger charge is -2.04. The molecule has 0 saturated heterocycles. The molecule has 0 aromatic heterocycles. The summed E-state index contributed by atoms with van der Waals surface area (Å²) in [5, 5.41) is 3.26. The molecule has 0 fully saturated rings. The van der Waals surface area contributed by atoms with E-state index < -0.39 is 0 Å². The fourth-order valence-electron chi connectivity index (χ4n) is 1.39. The number of benzene rings is 1. The molecule has 68 valence electrons. The van der Waals surface area contributed by atoms with Gasteiger partial charge in [-0.2, -0.15) is 0 Å². The number of rotatable bonds is 0. The second-order valence-electron chi connectivity index (χ2n) is 3.02. The monoisotopic (exact) mass is 191 g/mol. The molecule has 0 amide bonds. The van der Waals surface area contributed by atoms with Crippen molar-refractivity contribution in [2.45, 2.75) is 11.3 Å². The largest absolute Gasteiger partial charge is 0.390 e. The van der Waals surface area contributed by atoms with E-state index in [0.29, 0.717) is 0 Å². The van der Waals surface area contributed by atoms with Gasteiger partial charge in [0.15, 0.2) is 0 Å². The van der Waals surface area contributed by atoms with Crippen molar-refractivity contribution in [3.8, 4) is 0 Å². The van der Waals surface area contributed by atoms with Gasteiger partial charge in [-0.3, -0.25) is 0 Å². The minimum absolute atomic E-state index is 1.04. The van der Waals surface area contributed by atoms with E-state index in [4.69, 9.17) is 0 Å². The molecule has 1 N–H and O–H groups in total. The number of hydrogen-bond acceptors (Lipinski definition) is 2. The molecule has 1 nitrogen and oxygen atoms in total. The van der Waals surface area contributed by atoms with E-state index in [1.54, 1.807) is 0 Å². The Balaban J connectivity index is 2.25. The van der Waals surface area contributed by atoms with Crippen LogP contribution in [0.4, 0.5) is 0 Å². The van der Waals surface area contributed by atoms with Crippen molar-refractivity contribution < 1.29 is 0 Å². The van der Waals surface area contributed by atoms with Crippen LogP contribution in [0.3, 0.4) is 0 Å². The van der Waals surface area contributed by atoms with Crippen LogP contribution in [0.25, 0.3) is 0 Å². The lowest BCUT2D eigenvalue weighted by molar-refractivity contribution is 0.926. The first kappa shape index (κ1) is 8.70. The van der Waals surface area contributed by atoms with Crippen LogP contribution in [0.15, 0.2) is 41.4 Å². The predicted molar refractivity (Wildman–Crippen MR) is 58.0 cm³/mol. The van der Waals surface area contributed by atoms with Gasteiger partial charge in [0.2, 0.25) is 0 Å². The second-order valence-corrected chi connectivity index (χ2v) is 4.15. The molecule has 2 heteroatoms. The smallest absolute Gasteiger partial charge is 0.0235 e. The van der Waals surface area contributed by atoms with Crippen molar-refractivity contribution in [1.29, 1.82) is 0 Å². The van der Waals surface area contributed by atoms with E-state index in [1.807, 2.05) is 11.8 Å². The van der Waals surface area contributed by atoms with Crippen LogP contribution in [-0.2, 0) is 6.42 Å². The summed E-state index contributed by atoms with van der Waals surface area (Å²) >= 11 is 1.93. The van der Waals surface area contributed by atoms with Gasteiger partial charge in [0.05, 0.1) is 0 Å². The maximum Gasteiger partial charge on any atom is 0.0235 e. The van der Waals surface area contributed by atoms with Crippen LogP contribution in [0.2, 0.25) is 0 Å². The molecule has 0 bridgehead atoms. The Labute approximate surface area is 83.2 Å². The summed E-state index contributed by atoms with van der Waals surface area (Å²) < 4.78 is 0. The predicted octanol–water partition coefficient (Wildman–Crippen LogP) is 2.44. The molecule has 13 heavy (non-hydrogen) atoms. The summed E-state index contributed by atoms with van der Waals surface area (Å²) in [6.07, 6.45) is 5.28. The van der Waals surface area contributed by atoms with Crippen molar-refractivity contribution in [2.24, 2.45) is 0 Å². The Morgan fingerprint density at radius 2 is 2.15 bits per heavy atom. The van der Waals surface area contributed by atoms with Gasteiger partial charge in [-0.15, -0.1) is 11.8 Å². The number of hydrogen-bond donors (Lipinski definition) is 1. The number of thioether (sulfide) groups is 1. The minimum atomic E-state index is 1.04. The maximum absolute atomic E-state index is 3.26. The lowest BCUT2D eigenvalue weighted by atomic mass is 10.1. The molecule has 0 saturated carbocycles. The standard InChI is InChI=1S/C11H13NS/c1-2-6-11-10(4-1)5-3-7-12-8-9-13-11/h1-4,6-7,12H,5,8-9H2/b7-3-. The number of fused-ring (bicyclic) bond motifs is 1. The number of nitrogens with one attached hydrogen (secondary N) is 1. The Morgan fingerprint density at radius 3 is 3.15 bits per heavy atom. The summed E-state index contributed by atoms with van der Waals surface area (Å²) in [7, 11) is 0. The molecule has 1 aromatic carbocycles. The highest BCUT2D eigenvalue weighted by atomic mass is 32.2. The van der Waals surface area contributed by atoms with Crippen molar-refractivity contribution in [3.63, 3.8) is 0 Å². The molecule has 1 heterocycles. The topological polar surface area (TPSA) is 12.0 Å². The van der Waals surface area contributed by atoms with Crippen molar-refractivity contribution in [1.82, 2.24) is 5.32 Å². The maximum atomic E-state index is 3.26. The summed E-state index contributed by atoms with van der Waals surface area (Å²) in [4.78, 5) is 1.43. The molecule has 2 rings (SSSR count). The third kappa shape index (κ3) is 2.28. The highest BCUT2D eigenvalue weighted by Crippen LogP contribution is 2.23. The van der Waals surface area contributed by atoms with Gasteiger partial charge in [0, 0.05) is 17.2 Å². The van der Waals surface area contributed by atoms with Gasteiger partial charge in [-0.25, -0.2) is 0 Å². The van der Waals surface area contributed by atoms with Crippen LogP contribution in [-0.4, -0.2) is 12.3 Å². The molecule has 0 radical (unpaired) electrons. The molecule has 0 spiro atoms. The second kappa shape index (κ2) is 4.38. The minimum Gasteiger partial charge on any atom is -0.390 e. The van der Waals surface area contributed by atoms with E-state index >= 15 is 0 Å². The summed E-state index contributed by atoms with van der Waals surface area (Å²) in [6, 6.07) is 8.64. The normalized spacial score (nSPS) is 18.8. The molecule has 1 aromatic rings. The van der Waals surface area contributed by atoms with Gasteiger partial charge >= 0.3 is 0 Å². The Bertz CT molecular complexity index is 307. The zero-order valence-corrected chi connectivity index (χ0v) is 8.31. The van der Waals surface area contributed by atoms with Crippen LogP contribution in [0.5, 0.6) is 0 Å². The first-order chi connectivity index (χ1) is 6.47. The van der Waals surface area contributed by atoms with Gasteiger partial charge < -0.3 is 5.32 Å². The van der Waals surface area contributed by atoms with E-state index in [0.717, 1.165) is 18.7 Å². The van der Waals surface area contributed by atoms with Crippen LogP contribution >= 0.6 is 11.8 Å². The third-order valence-corrected chi connectivity index (χ3v) is 3.17. The molecule has 0 aliphatic carbocycles. The van der Waals surface area contributed by atoms with Gasteiger partial charge in [-0.1, -0.05) is 24.3 Å². The van der Waals surface area contributed by atoms with Gasteiger partial charge in [0.25, 0.3) is 0 Å². The number of allylic oxidation sites excluding steroid dienone is 1. The molecular weight excluding hydrogens is 178 g/mol. The van der Waals surface area contributed by atoms with E-state index in [-0.39, 0.29) is 0 Å². The van der Waals surface area contributed by atoms with Crippen molar-refractivity contribution in [3.05, 3.63) is 42.1 Å². The van der Waals surface area contributed by atoms with Crippen LogP contribution in [0, 0.1) is 0 Å². The first-order valence-electron chi connectivity index (χ1n) is 4.56. The van der Waals surface area contributed by atoms with E-state index in [9.17, 15) is 0 Å². The summed E-state index contributed by atoms with van der Waals surface area (Å²) in [5.74, 6) is 1.14. The van der Waals surface area contributed by atoms with Crippen LogP contribution in [0.1, 0.15) is 5.56 Å². The molecule has 1 aliphatic heterocycles. The summed E-state index contributed by atoms with van der Waals surface area (Å²) in [5.41, 5.74) is 1.44. The Morgan fingerprint density at radius 1 is 1.23 bits per heavy atom. The highest BCUT2D eigenvalue weighted by molar-refractivity contribution is 7.99.